The highest BCUT2D eigenvalue weighted by Gasteiger charge is 2.63. The average molecular weight is 300 g/mol. The van der Waals surface area contributed by atoms with Gasteiger partial charge in [-0.15, -0.1) is 0 Å². The lowest BCUT2D eigenvalue weighted by molar-refractivity contribution is -0.0645. The second kappa shape index (κ2) is 5.67. The summed E-state index contributed by atoms with van der Waals surface area (Å²) in [6.45, 7) is 12.7. The lowest BCUT2D eigenvalue weighted by Gasteiger charge is -2.44. The molecule has 2 fully saturated rings. The Balaban J connectivity index is 2.10. The third kappa shape index (κ3) is 2.16. The van der Waals surface area contributed by atoms with Gasteiger partial charge in [-0.25, -0.2) is 0 Å². The van der Waals surface area contributed by atoms with Crippen LogP contribution in [-0.2, 0) is 4.74 Å². The van der Waals surface area contributed by atoms with Crippen molar-refractivity contribution in [3.05, 3.63) is 34.9 Å². The molecule has 0 aromatic rings. The van der Waals surface area contributed by atoms with Crippen molar-refractivity contribution in [2.24, 2.45) is 17.3 Å². The maximum Gasteiger partial charge on any atom is 0.102 e. The molecule has 2 aliphatic carbocycles. The Morgan fingerprint density at radius 1 is 1.23 bits per heavy atom. The van der Waals surface area contributed by atoms with Crippen molar-refractivity contribution in [1.82, 2.24) is 0 Å². The van der Waals surface area contributed by atoms with Gasteiger partial charge in [0.15, 0.2) is 0 Å². The summed E-state index contributed by atoms with van der Waals surface area (Å²) >= 11 is 0. The summed E-state index contributed by atoms with van der Waals surface area (Å²) in [7, 11) is 0. The van der Waals surface area contributed by atoms with Crippen LogP contribution in [-0.4, -0.2) is 12.2 Å². The fourth-order valence-electron chi connectivity index (χ4n) is 5.23. The minimum Gasteiger partial charge on any atom is -0.369 e. The summed E-state index contributed by atoms with van der Waals surface area (Å²) in [5.41, 5.74) is 4.67. The molecule has 1 nitrogen and oxygen atoms in total. The molecular weight excluding hydrogens is 268 g/mol. The molecule has 1 saturated heterocycles. The fraction of sp³-hybridized carbons (Fsp3) is 0.714. The first kappa shape index (κ1) is 16.1. The molecule has 3 rings (SSSR count). The Labute approximate surface area is 136 Å². The summed E-state index contributed by atoms with van der Waals surface area (Å²) in [5.74, 6) is 1.39. The van der Waals surface area contributed by atoms with E-state index in [-0.39, 0.29) is 11.0 Å². The Morgan fingerprint density at radius 3 is 2.68 bits per heavy atom. The molecule has 0 radical (unpaired) electrons. The summed E-state index contributed by atoms with van der Waals surface area (Å²) in [6, 6.07) is 0. The van der Waals surface area contributed by atoms with E-state index in [2.05, 4.69) is 52.8 Å². The fourth-order valence-corrected chi connectivity index (χ4v) is 5.23. The van der Waals surface area contributed by atoms with Crippen LogP contribution in [0.4, 0.5) is 0 Å². The number of fused-ring (bicyclic) bond motifs is 2. The average Bonchev–Trinajstić information content (AvgIpc) is 2.87. The third-order valence-corrected chi connectivity index (χ3v) is 6.32. The first-order valence-electron chi connectivity index (χ1n) is 9.17. The number of rotatable bonds is 3. The summed E-state index contributed by atoms with van der Waals surface area (Å²) in [5, 5.41) is 0. The quantitative estimate of drug-likeness (QED) is 0.637. The van der Waals surface area contributed by atoms with Crippen LogP contribution in [0, 0.1) is 17.3 Å². The smallest absolute Gasteiger partial charge is 0.102 e. The highest BCUT2D eigenvalue weighted by atomic mass is 16.5. The van der Waals surface area contributed by atoms with Gasteiger partial charge in [0.1, 0.15) is 5.60 Å². The molecule has 0 amide bonds. The van der Waals surface area contributed by atoms with Crippen LogP contribution in [0.25, 0.3) is 0 Å². The molecule has 0 N–H and O–H groups in total. The van der Waals surface area contributed by atoms with Gasteiger partial charge < -0.3 is 4.74 Å². The van der Waals surface area contributed by atoms with Gasteiger partial charge in [-0.1, -0.05) is 64.3 Å². The molecule has 3 aliphatic rings. The largest absolute Gasteiger partial charge is 0.369 e. The van der Waals surface area contributed by atoms with Crippen molar-refractivity contribution in [2.75, 3.05) is 6.61 Å². The molecule has 1 saturated carbocycles. The zero-order chi connectivity index (χ0) is 16.0. The molecule has 1 aliphatic heterocycles. The van der Waals surface area contributed by atoms with Crippen LogP contribution >= 0.6 is 0 Å². The van der Waals surface area contributed by atoms with Crippen molar-refractivity contribution >= 4 is 0 Å². The van der Waals surface area contributed by atoms with E-state index < -0.39 is 0 Å². The van der Waals surface area contributed by atoms with Gasteiger partial charge in [-0.3, -0.25) is 0 Å². The summed E-state index contributed by atoms with van der Waals surface area (Å²) in [4.78, 5) is 0. The molecule has 0 aromatic heterocycles. The lowest BCUT2D eigenvalue weighted by Crippen LogP contribution is -2.47. The molecule has 1 heterocycles. The first-order chi connectivity index (χ1) is 10.5. The van der Waals surface area contributed by atoms with Crippen LogP contribution in [0.3, 0.4) is 0 Å². The topological polar surface area (TPSA) is 9.23 Å². The number of hydrogen-bond acceptors (Lipinski definition) is 1. The Hall–Kier alpha value is -0.820. The van der Waals surface area contributed by atoms with Crippen molar-refractivity contribution < 1.29 is 4.74 Å². The molecule has 0 bridgehead atoms. The number of allylic oxidation sites excluding steroid dienone is 4. The van der Waals surface area contributed by atoms with Crippen molar-refractivity contribution in [3.8, 4) is 0 Å². The lowest BCUT2D eigenvalue weighted by atomic mass is 9.64. The van der Waals surface area contributed by atoms with E-state index in [9.17, 15) is 0 Å². The standard InChI is InChI=1S/C21H32O/c1-6-8-18-16(7-2)14-22-21(18)19-12-10-15(3)9-11-17(19)13-20(21,4)5/h9,11-12,16,18H,6-8,10,13-14H2,1-5H3. The molecule has 3 atom stereocenters. The van der Waals surface area contributed by atoms with Crippen molar-refractivity contribution in [2.45, 2.75) is 72.3 Å². The van der Waals surface area contributed by atoms with E-state index in [1.54, 1.807) is 0 Å². The van der Waals surface area contributed by atoms with E-state index in [0.29, 0.717) is 5.92 Å². The SMILES string of the molecule is CCCC1C(CC)COC12C1=CCC(C)=CC=C1CC2(C)C. The van der Waals surface area contributed by atoms with Gasteiger partial charge >= 0.3 is 0 Å². The van der Waals surface area contributed by atoms with Gasteiger partial charge in [-0.2, -0.15) is 0 Å². The van der Waals surface area contributed by atoms with Crippen LogP contribution in [0.15, 0.2) is 34.9 Å². The van der Waals surface area contributed by atoms with E-state index in [1.165, 1.54) is 36.0 Å². The molecule has 22 heavy (non-hydrogen) atoms. The van der Waals surface area contributed by atoms with Gasteiger partial charge in [-0.05, 0) is 49.2 Å². The third-order valence-electron chi connectivity index (χ3n) is 6.32. The van der Waals surface area contributed by atoms with Gasteiger partial charge in [0.25, 0.3) is 0 Å². The second-order valence-corrected chi connectivity index (χ2v) is 8.20. The Kier molecular flexibility index (Phi) is 4.14. The summed E-state index contributed by atoms with van der Waals surface area (Å²) in [6.07, 6.45) is 13.2. The molecular formula is C21H32O. The second-order valence-electron chi connectivity index (χ2n) is 8.20. The van der Waals surface area contributed by atoms with Crippen LogP contribution in [0.2, 0.25) is 0 Å². The normalized spacial score (nSPS) is 36.7. The van der Waals surface area contributed by atoms with Gasteiger partial charge in [0.2, 0.25) is 0 Å². The molecule has 0 aromatic carbocycles. The maximum absolute atomic E-state index is 6.71. The summed E-state index contributed by atoms with van der Waals surface area (Å²) < 4.78 is 6.71. The predicted octanol–water partition coefficient (Wildman–Crippen LogP) is 5.83. The van der Waals surface area contributed by atoms with Crippen molar-refractivity contribution in [1.29, 1.82) is 0 Å². The van der Waals surface area contributed by atoms with E-state index >= 15 is 0 Å². The molecule has 1 heteroatoms. The Morgan fingerprint density at radius 2 is 2.00 bits per heavy atom. The Bertz CT molecular complexity index is 534. The van der Waals surface area contributed by atoms with E-state index in [4.69, 9.17) is 4.74 Å². The zero-order valence-electron chi connectivity index (χ0n) is 15.0. The molecule has 3 unspecified atom stereocenters. The van der Waals surface area contributed by atoms with Gasteiger partial charge in [0, 0.05) is 5.41 Å². The highest BCUT2D eigenvalue weighted by Crippen LogP contribution is 2.63. The zero-order valence-corrected chi connectivity index (χ0v) is 15.0. The van der Waals surface area contributed by atoms with E-state index in [1.807, 2.05) is 0 Å². The molecule has 122 valence electrons. The van der Waals surface area contributed by atoms with Crippen LogP contribution in [0.1, 0.15) is 66.7 Å². The maximum atomic E-state index is 6.71. The van der Waals surface area contributed by atoms with Crippen LogP contribution in [0.5, 0.6) is 0 Å². The van der Waals surface area contributed by atoms with Crippen LogP contribution < -0.4 is 0 Å². The monoisotopic (exact) mass is 300 g/mol. The molecule has 1 spiro atoms. The number of ether oxygens (including phenoxy) is 1. The number of hydrogen-bond donors (Lipinski definition) is 0. The van der Waals surface area contributed by atoms with Gasteiger partial charge in [0.05, 0.1) is 6.61 Å². The highest BCUT2D eigenvalue weighted by molar-refractivity contribution is 5.52. The minimum atomic E-state index is -0.0476. The van der Waals surface area contributed by atoms with E-state index in [0.717, 1.165) is 25.4 Å². The first-order valence-corrected chi connectivity index (χ1v) is 9.17. The van der Waals surface area contributed by atoms with Crippen molar-refractivity contribution in [3.63, 3.8) is 0 Å². The minimum absolute atomic E-state index is 0.0476. The predicted molar refractivity (Wildman–Crippen MR) is 93.8 cm³/mol.